The lowest BCUT2D eigenvalue weighted by Gasteiger charge is -2.25. The van der Waals surface area contributed by atoms with Crippen LogP contribution >= 0.6 is 0 Å². The van der Waals surface area contributed by atoms with Crippen LogP contribution in [0.25, 0.3) is 0 Å². The van der Waals surface area contributed by atoms with E-state index in [1.165, 1.54) is 4.90 Å². The number of nitrogens with zero attached hydrogens (tertiary/aromatic N) is 2. The number of aromatic nitrogens is 1. The van der Waals surface area contributed by atoms with E-state index in [4.69, 9.17) is 9.47 Å². The predicted molar refractivity (Wildman–Crippen MR) is 91.0 cm³/mol. The van der Waals surface area contributed by atoms with Gasteiger partial charge < -0.3 is 19.7 Å². The van der Waals surface area contributed by atoms with Crippen LogP contribution in [0.4, 0.5) is 13.6 Å². The number of ether oxygens (including phenoxy) is 2. The van der Waals surface area contributed by atoms with Crippen molar-refractivity contribution in [2.24, 2.45) is 5.92 Å². The van der Waals surface area contributed by atoms with Gasteiger partial charge in [-0.25, -0.2) is 13.6 Å². The first-order valence-electron chi connectivity index (χ1n) is 8.92. The van der Waals surface area contributed by atoms with Crippen molar-refractivity contribution < 1.29 is 23.0 Å². The standard InChI is InChI=1S/C18H25F2N3O3/c1-23(17(24)22-16-11-26-12-18(16,19)20)10-14-2-5-21-9-15(14)8-13-3-6-25-7-4-13/h2,5,9,13,16H,3-4,6-8,10-12H2,1H3,(H,22,24)/t16-/m0/s1. The molecule has 2 fully saturated rings. The van der Waals surface area contributed by atoms with E-state index in [0.717, 1.165) is 43.6 Å². The van der Waals surface area contributed by atoms with E-state index in [0.29, 0.717) is 12.5 Å². The zero-order chi connectivity index (χ0) is 18.6. The molecule has 3 heterocycles. The van der Waals surface area contributed by atoms with Crippen molar-refractivity contribution in [3.8, 4) is 0 Å². The van der Waals surface area contributed by atoms with Gasteiger partial charge in [0.25, 0.3) is 5.92 Å². The lowest BCUT2D eigenvalue weighted by atomic mass is 9.91. The van der Waals surface area contributed by atoms with Crippen molar-refractivity contribution in [1.82, 2.24) is 15.2 Å². The molecule has 3 rings (SSSR count). The highest BCUT2D eigenvalue weighted by Crippen LogP contribution is 2.26. The van der Waals surface area contributed by atoms with E-state index in [9.17, 15) is 13.6 Å². The highest BCUT2D eigenvalue weighted by atomic mass is 19.3. The summed E-state index contributed by atoms with van der Waals surface area (Å²) in [5, 5.41) is 2.37. The average molecular weight is 369 g/mol. The van der Waals surface area contributed by atoms with E-state index in [-0.39, 0.29) is 6.61 Å². The summed E-state index contributed by atoms with van der Waals surface area (Å²) < 4.78 is 37.4. The number of amides is 2. The van der Waals surface area contributed by atoms with Crippen LogP contribution in [0.2, 0.25) is 0 Å². The first kappa shape index (κ1) is 19.0. The quantitative estimate of drug-likeness (QED) is 0.865. The summed E-state index contributed by atoms with van der Waals surface area (Å²) in [6.07, 6.45) is 6.43. The third kappa shape index (κ3) is 4.67. The summed E-state index contributed by atoms with van der Waals surface area (Å²) in [6.45, 7) is 1.07. The minimum Gasteiger partial charge on any atom is -0.381 e. The van der Waals surface area contributed by atoms with Crippen molar-refractivity contribution in [2.75, 3.05) is 33.5 Å². The number of pyridine rings is 1. The van der Waals surface area contributed by atoms with Gasteiger partial charge in [0, 0.05) is 39.2 Å². The summed E-state index contributed by atoms with van der Waals surface area (Å²) in [6, 6.07) is 0.0664. The lowest BCUT2D eigenvalue weighted by molar-refractivity contribution is -0.0222. The second-order valence-corrected chi connectivity index (χ2v) is 7.04. The van der Waals surface area contributed by atoms with Crippen LogP contribution in [0, 0.1) is 5.92 Å². The summed E-state index contributed by atoms with van der Waals surface area (Å²) >= 11 is 0. The van der Waals surface area contributed by atoms with Gasteiger partial charge in [-0.2, -0.15) is 0 Å². The molecule has 6 nitrogen and oxygen atoms in total. The molecule has 26 heavy (non-hydrogen) atoms. The first-order chi connectivity index (χ1) is 12.5. The molecule has 2 amide bonds. The van der Waals surface area contributed by atoms with E-state index >= 15 is 0 Å². The summed E-state index contributed by atoms with van der Waals surface area (Å²) in [7, 11) is 1.60. The van der Waals surface area contributed by atoms with Crippen molar-refractivity contribution in [3.05, 3.63) is 29.6 Å². The normalized spacial score (nSPS) is 23.0. The average Bonchev–Trinajstić information content (AvgIpc) is 2.95. The van der Waals surface area contributed by atoms with E-state index in [1.807, 2.05) is 12.3 Å². The van der Waals surface area contributed by atoms with Gasteiger partial charge in [0.15, 0.2) is 0 Å². The van der Waals surface area contributed by atoms with Crippen LogP contribution in [0.3, 0.4) is 0 Å². The third-order valence-electron chi connectivity index (χ3n) is 4.99. The van der Waals surface area contributed by atoms with Gasteiger partial charge >= 0.3 is 6.03 Å². The number of hydrogen-bond donors (Lipinski definition) is 1. The molecule has 2 saturated heterocycles. The number of urea groups is 1. The molecular formula is C18H25F2N3O3. The second kappa shape index (κ2) is 8.26. The monoisotopic (exact) mass is 369 g/mol. The molecule has 0 unspecified atom stereocenters. The molecule has 1 atom stereocenters. The second-order valence-electron chi connectivity index (χ2n) is 7.04. The highest BCUT2D eigenvalue weighted by Gasteiger charge is 2.46. The Bertz CT molecular complexity index is 623. The minimum atomic E-state index is -3.03. The molecule has 1 aromatic heterocycles. The van der Waals surface area contributed by atoms with Crippen LogP contribution in [0.15, 0.2) is 18.5 Å². The van der Waals surface area contributed by atoms with Gasteiger partial charge in [-0.05, 0) is 42.4 Å². The van der Waals surface area contributed by atoms with Crippen molar-refractivity contribution in [1.29, 1.82) is 0 Å². The van der Waals surface area contributed by atoms with Crippen molar-refractivity contribution >= 4 is 6.03 Å². The molecule has 2 aliphatic heterocycles. The van der Waals surface area contributed by atoms with Gasteiger partial charge in [-0.15, -0.1) is 0 Å². The molecule has 1 N–H and O–H groups in total. The van der Waals surface area contributed by atoms with E-state index < -0.39 is 24.6 Å². The SMILES string of the molecule is CN(Cc1ccncc1CC1CCOCC1)C(=O)N[C@H]1COCC1(F)F. The maximum absolute atomic E-state index is 13.6. The number of halogens is 2. The minimum absolute atomic E-state index is 0.170. The number of carbonyl (C=O) groups excluding carboxylic acids is 1. The van der Waals surface area contributed by atoms with Crippen LogP contribution < -0.4 is 5.32 Å². The molecule has 0 aliphatic carbocycles. The van der Waals surface area contributed by atoms with Gasteiger partial charge in [0.2, 0.25) is 0 Å². The van der Waals surface area contributed by atoms with Crippen LogP contribution in [0.1, 0.15) is 24.0 Å². The fraction of sp³-hybridized carbons (Fsp3) is 0.667. The fourth-order valence-corrected chi connectivity index (χ4v) is 3.32. The molecule has 0 aromatic carbocycles. The Labute approximate surface area is 151 Å². The van der Waals surface area contributed by atoms with Crippen LogP contribution in [0.5, 0.6) is 0 Å². The topological polar surface area (TPSA) is 63.7 Å². The number of alkyl halides is 2. The van der Waals surface area contributed by atoms with Crippen molar-refractivity contribution in [2.45, 2.75) is 37.8 Å². The maximum Gasteiger partial charge on any atom is 0.317 e. The molecule has 1 aromatic rings. The summed E-state index contributed by atoms with van der Waals surface area (Å²) in [5.74, 6) is -2.48. The van der Waals surface area contributed by atoms with E-state index in [2.05, 4.69) is 10.3 Å². The van der Waals surface area contributed by atoms with Gasteiger partial charge in [0.1, 0.15) is 12.6 Å². The summed E-state index contributed by atoms with van der Waals surface area (Å²) in [4.78, 5) is 17.9. The molecular weight excluding hydrogens is 344 g/mol. The molecule has 0 spiro atoms. The molecule has 8 heteroatoms. The lowest BCUT2D eigenvalue weighted by Crippen LogP contribution is -2.50. The van der Waals surface area contributed by atoms with Gasteiger partial charge in [-0.3, -0.25) is 4.98 Å². The Morgan fingerprint density at radius 3 is 2.81 bits per heavy atom. The Morgan fingerprint density at radius 2 is 2.12 bits per heavy atom. The number of nitrogens with one attached hydrogen (secondary N) is 1. The van der Waals surface area contributed by atoms with Gasteiger partial charge in [0.05, 0.1) is 6.61 Å². The molecule has 0 bridgehead atoms. The first-order valence-corrected chi connectivity index (χ1v) is 8.92. The largest absolute Gasteiger partial charge is 0.381 e. The zero-order valence-corrected chi connectivity index (χ0v) is 14.9. The predicted octanol–water partition coefficient (Wildman–Crippen LogP) is 2.23. The molecule has 0 radical (unpaired) electrons. The Hall–Kier alpha value is -1.80. The summed E-state index contributed by atoms with van der Waals surface area (Å²) in [5.41, 5.74) is 2.08. The van der Waals surface area contributed by atoms with Crippen molar-refractivity contribution in [3.63, 3.8) is 0 Å². The molecule has 0 saturated carbocycles. The van der Waals surface area contributed by atoms with Gasteiger partial charge in [-0.1, -0.05) is 0 Å². The molecule has 144 valence electrons. The Morgan fingerprint density at radius 1 is 1.35 bits per heavy atom. The van der Waals surface area contributed by atoms with Crippen LogP contribution in [-0.2, 0) is 22.4 Å². The Kier molecular flexibility index (Phi) is 6.03. The molecule has 2 aliphatic rings. The van der Waals surface area contributed by atoms with Crippen LogP contribution in [-0.4, -0.2) is 61.4 Å². The number of hydrogen-bond acceptors (Lipinski definition) is 4. The third-order valence-corrected chi connectivity index (χ3v) is 4.99. The number of carbonyl (C=O) groups is 1. The Balaban J connectivity index is 1.59. The highest BCUT2D eigenvalue weighted by molar-refractivity contribution is 5.74. The number of rotatable bonds is 5. The fourth-order valence-electron chi connectivity index (χ4n) is 3.32. The maximum atomic E-state index is 13.6. The smallest absolute Gasteiger partial charge is 0.317 e. The van der Waals surface area contributed by atoms with E-state index in [1.54, 1.807) is 13.2 Å². The zero-order valence-electron chi connectivity index (χ0n) is 14.9.